The summed E-state index contributed by atoms with van der Waals surface area (Å²) in [4.78, 5) is 16.6. The summed E-state index contributed by atoms with van der Waals surface area (Å²) in [6.07, 6.45) is 0. The Morgan fingerprint density at radius 1 is 1.45 bits per heavy atom. The van der Waals surface area contributed by atoms with Crippen molar-refractivity contribution in [1.82, 2.24) is 15.5 Å². The van der Waals surface area contributed by atoms with E-state index in [4.69, 9.17) is 4.52 Å². The average molecular weight is 277 g/mol. The second-order valence-corrected chi connectivity index (χ2v) is 5.27. The van der Waals surface area contributed by atoms with E-state index in [0.29, 0.717) is 28.1 Å². The maximum atomic E-state index is 12.4. The predicted molar refractivity (Wildman–Crippen MR) is 74.5 cm³/mol. The van der Waals surface area contributed by atoms with Gasteiger partial charge in [-0.15, -0.1) is 0 Å². The van der Waals surface area contributed by atoms with E-state index in [0.717, 1.165) is 0 Å². The van der Waals surface area contributed by atoms with Gasteiger partial charge in [0.1, 0.15) is 0 Å². The number of hydrogen-bond acceptors (Lipinski definition) is 5. The second-order valence-electron chi connectivity index (χ2n) is 5.27. The van der Waals surface area contributed by atoms with Gasteiger partial charge in [-0.3, -0.25) is 4.79 Å². The summed E-state index contributed by atoms with van der Waals surface area (Å²) in [5.41, 5.74) is 2.15. The van der Waals surface area contributed by atoms with Crippen LogP contribution in [0.1, 0.15) is 35.6 Å². The number of nitrogens with zero attached hydrogens (tertiary/aromatic N) is 2. The van der Waals surface area contributed by atoms with E-state index in [1.54, 1.807) is 19.9 Å². The van der Waals surface area contributed by atoms with E-state index in [-0.39, 0.29) is 24.5 Å². The maximum Gasteiger partial charge on any atom is 0.258 e. The standard InChI is InChI=1S/C14H19N3O3/c1-7(2)11(6-18)16-13(19)10-5-8(3)15-14-12(10)9(4)17-20-14/h5,7,11,18H,6H2,1-4H3,(H,16,19)/t11-/m1/s1. The number of fused-ring (bicyclic) bond motifs is 1. The lowest BCUT2D eigenvalue weighted by Crippen LogP contribution is -2.41. The number of carbonyl (C=O) groups excluding carboxylic acids is 1. The molecule has 2 aromatic rings. The molecule has 6 heteroatoms. The van der Waals surface area contributed by atoms with Gasteiger partial charge in [0.2, 0.25) is 0 Å². The van der Waals surface area contributed by atoms with Crippen LogP contribution in [0.25, 0.3) is 11.1 Å². The Bertz CT molecular complexity index is 634. The van der Waals surface area contributed by atoms with Gasteiger partial charge in [0.15, 0.2) is 0 Å². The Hall–Kier alpha value is -1.95. The van der Waals surface area contributed by atoms with Crippen molar-refractivity contribution in [3.63, 3.8) is 0 Å². The molecule has 2 N–H and O–H groups in total. The Balaban J connectivity index is 2.41. The molecule has 6 nitrogen and oxygen atoms in total. The number of carbonyl (C=O) groups is 1. The van der Waals surface area contributed by atoms with Gasteiger partial charge in [-0.05, 0) is 25.8 Å². The van der Waals surface area contributed by atoms with Crippen molar-refractivity contribution in [2.24, 2.45) is 5.92 Å². The van der Waals surface area contributed by atoms with E-state index in [1.165, 1.54) is 0 Å². The molecule has 0 aliphatic heterocycles. The molecule has 0 saturated carbocycles. The number of amides is 1. The Morgan fingerprint density at radius 2 is 2.15 bits per heavy atom. The highest BCUT2D eigenvalue weighted by molar-refractivity contribution is 6.06. The number of aromatic nitrogens is 2. The molecule has 0 unspecified atom stereocenters. The van der Waals surface area contributed by atoms with Crippen LogP contribution in [0.3, 0.4) is 0 Å². The largest absolute Gasteiger partial charge is 0.394 e. The molecular formula is C14H19N3O3. The monoisotopic (exact) mass is 277 g/mol. The summed E-state index contributed by atoms with van der Waals surface area (Å²) < 4.78 is 5.11. The van der Waals surface area contributed by atoms with Crippen molar-refractivity contribution >= 4 is 17.0 Å². The van der Waals surface area contributed by atoms with Crippen LogP contribution in [0.4, 0.5) is 0 Å². The zero-order valence-electron chi connectivity index (χ0n) is 12.1. The molecule has 0 aromatic carbocycles. The smallest absolute Gasteiger partial charge is 0.258 e. The first-order chi connectivity index (χ1) is 9.43. The van der Waals surface area contributed by atoms with Gasteiger partial charge in [0, 0.05) is 5.69 Å². The fourth-order valence-electron chi connectivity index (χ4n) is 2.07. The highest BCUT2D eigenvalue weighted by atomic mass is 16.5. The maximum absolute atomic E-state index is 12.4. The van der Waals surface area contributed by atoms with E-state index < -0.39 is 0 Å². The van der Waals surface area contributed by atoms with Gasteiger partial charge in [-0.1, -0.05) is 19.0 Å². The topological polar surface area (TPSA) is 88.2 Å². The molecule has 0 aliphatic carbocycles. The van der Waals surface area contributed by atoms with Gasteiger partial charge in [0.25, 0.3) is 11.6 Å². The molecule has 108 valence electrons. The molecule has 0 bridgehead atoms. The number of aliphatic hydroxyl groups is 1. The van der Waals surface area contributed by atoms with Crippen LogP contribution in [-0.4, -0.2) is 33.8 Å². The van der Waals surface area contributed by atoms with E-state index in [2.05, 4.69) is 15.5 Å². The third-order valence-corrected chi connectivity index (χ3v) is 3.31. The summed E-state index contributed by atoms with van der Waals surface area (Å²) in [6.45, 7) is 7.35. The van der Waals surface area contributed by atoms with Crippen molar-refractivity contribution in [2.45, 2.75) is 33.7 Å². The third kappa shape index (κ3) is 2.65. The SMILES string of the molecule is Cc1cc(C(=O)N[C@H](CO)C(C)C)c2c(C)noc2n1. The van der Waals surface area contributed by atoms with E-state index >= 15 is 0 Å². The first-order valence-corrected chi connectivity index (χ1v) is 6.59. The number of pyridine rings is 1. The van der Waals surface area contributed by atoms with Gasteiger partial charge < -0.3 is 14.9 Å². The second kappa shape index (κ2) is 5.58. The summed E-state index contributed by atoms with van der Waals surface area (Å²) >= 11 is 0. The molecule has 0 saturated heterocycles. The minimum absolute atomic E-state index is 0.0980. The van der Waals surface area contributed by atoms with Crippen LogP contribution in [0.15, 0.2) is 10.6 Å². The molecule has 2 heterocycles. The lowest BCUT2D eigenvalue weighted by atomic mass is 10.0. The summed E-state index contributed by atoms with van der Waals surface area (Å²) in [7, 11) is 0. The van der Waals surface area contributed by atoms with Crippen LogP contribution in [0.5, 0.6) is 0 Å². The predicted octanol–water partition coefficient (Wildman–Crippen LogP) is 1.59. The Labute approximate surface area is 117 Å². The van der Waals surface area contributed by atoms with Crippen molar-refractivity contribution in [3.05, 3.63) is 23.0 Å². The molecule has 1 amide bonds. The number of aliphatic hydroxyl groups excluding tert-OH is 1. The molecule has 0 radical (unpaired) electrons. The molecule has 1 atom stereocenters. The zero-order valence-corrected chi connectivity index (χ0v) is 12.1. The normalized spacial score (nSPS) is 12.9. The highest BCUT2D eigenvalue weighted by Crippen LogP contribution is 2.22. The van der Waals surface area contributed by atoms with Crippen LogP contribution < -0.4 is 5.32 Å². The summed E-state index contributed by atoms with van der Waals surface area (Å²) in [6, 6.07) is 1.42. The molecule has 0 fully saturated rings. The number of nitrogens with one attached hydrogen (secondary N) is 1. The Kier molecular flexibility index (Phi) is 4.04. The van der Waals surface area contributed by atoms with Gasteiger partial charge in [-0.2, -0.15) is 0 Å². The van der Waals surface area contributed by atoms with Crippen LogP contribution in [0.2, 0.25) is 0 Å². The molecule has 20 heavy (non-hydrogen) atoms. The zero-order chi connectivity index (χ0) is 14.9. The highest BCUT2D eigenvalue weighted by Gasteiger charge is 2.21. The van der Waals surface area contributed by atoms with Gasteiger partial charge >= 0.3 is 0 Å². The van der Waals surface area contributed by atoms with E-state index in [9.17, 15) is 9.90 Å². The molecular weight excluding hydrogens is 258 g/mol. The lowest BCUT2D eigenvalue weighted by molar-refractivity contribution is 0.0898. The number of rotatable bonds is 4. The first-order valence-electron chi connectivity index (χ1n) is 6.59. The van der Waals surface area contributed by atoms with Gasteiger partial charge in [-0.25, -0.2) is 4.98 Å². The molecule has 2 aromatic heterocycles. The van der Waals surface area contributed by atoms with Gasteiger partial charge in [0.05, 0.1) is 29.3 Å². The summed E-state index contributed by atoms with van der Waals surface area (Å²) in [5.74, 6) is -0.106. The Morgan fingerprint density at radius 3 is 2.75 bits per heavy atom. The third-order valence-electron chi connectivity index (χ3n) is 3.31. The lowest BCUT2D eigenvalue weighted by Gasteiger charge is -2.20. The summed E-state index contributed by atoms with van der Waals surface area (Å²) in [5, 5.41) is 16.6. The number of hydrogen-bond donors (Lipinski definition) is 2. The molecule has 2 rings (SSSR count). The minimum Gasteiger partial charge on any atom is -0.394 e. The molecule has 0 aliphatic rings. The van der Waals surface area contributed by atoms with E-state index in [1.807, 2.05) is 13.8 Å². The fraction of sp³-hybridized carbons (Fsp3) is 0.500. The van der Waals surface area contributed by atoms with Crippen molar-refractivity contribution in [2.75, 3.05) is 6.61 Å². The van der Waals surface area contributed by atoms with Crippen LogP contribution in [0, 0.1) is 19.8 Å². The quantitative estimate of drug-likeness (QED) is 0.886. The fourth-order valence-corrected chi connectivity index (χ4v) is 2.07. The van der Waals surface area contributed by atoms with Crippen LogP contribution in [-0.2, 0) is 0 Å². The van der Waals surface area contributed by atoms with Crippen molar-refractivity contribution < 1.29 is 14.4 Å². The average Bonchev–Trinajstić information content (AvgIpc) is 2.75. The van der Waals surface area contributed by atoms with Crippen LogP contribution >= 0.6 is 0 Å². The molecule has 0 spiro atoms. The van der Waals surface area contributed by atoms with Crippen molar-refractivity contribution in [3.8, 4) is 0 Å². The number of aryl methyl sites for hydroxylation is 2. The minimum atomic E-state index is -0.286. The van der Waals surface area contributed by atoms with Crippen molar-refractivity contribution in [1.29, 1.82) is 0 Å². The first kappa shape index (κ1) is 14.5.